The van der Waals surface area contributed by atoms with Crippen molar-refractivity contribution >= 4 is 13.5 Å². The van der Waals surface area contributed by atoms with Gasteiger partial charge in [-0.25, -0.2) is 4.57 Å². The summed E-state index contributed by atoms with van der Waals surface area (Å²) in [6, 6.07) is 8.24. The molecule has 1 rings (SSSR count). The minimum absolute atomic E-state index is 0.226. The van der Waals surface area contributed by atoms with Crippen LogP contribution >= 0.6 is 7.82 Å². The molecule has 0 aliphatic rings. The topological polar surface area (TPSA) is 81.8 Å². The lowest BCUT2D eigenvalue weighted by atomic mass is 10.0. The van der Waals surface area contributed by atoms with Gasteiger partial charge in [0.2, 0.25) is 0 Å². The maximum Gasteiger partial charge on any atom is 0.472 e. The highest BCUT2D eigenvalue weighted by atomic mass is 31.2. The maximum atomic E-state index is 11.8. The van der Waals surface area contributed by atoms with E-state index in [1.807, 2.05) is 33.3 Å². The fourth-order valence-electron chi connectivity index (χ4n) is 4.30. The summed E-state index contributed by atoms with van der Waals surface area (Å²) in [5, 5.41) is 0. The van der Waals surface area contributed by atoms with Gasteiger partial charge in [0.25, 0.3) is 0 Å². The number of anilines is 1. The van der Waals surface area contributed by atoms with Crippen molar-refractivity contribution in [2.24, 2.45) is 0 Å². The van der Waals surface area contributed by atoms with E-state index < -0.39 is 7.82 Å². The monoisotopic (exact) mass is 527 g/mol. The third-order valence-corrected chi connectivity index (χ3v) is 7.68. The molecule has 1 atom stereocenters. The fourth-order valence-corrected chi connectivity index (χ4v) is 5.05. The van der Waals surface area contributed by atoms with Crippen molar-refractivity contribution in [3.05, 3.63) is 29.8 Å². The van der Waals surface area contributed by atoms with Gasteiger partial charge in [-0.3, -0.25) is 9.05 Å². The van der Waals surface area contributed by atoms with Crippen LogP contribution in [0.3, 0.4) is 0 Å². The van der Waals surface area contributed by atoms with Crippen molar-refractivity contribution in [2.75, 3.05) is 46.6 Å². The Hall–Kier alpha value is -0.910. The van der Waals surface area contributed by atoms with Crippen LogP contribution in [0.1, 0.15) is 108 Å². The van der Waals surface area contributed by atoms with Gasteiger partial charge in [0.15, 0.2) is 0 Å². The van der Waals surface area contributed by atoms with Crippen LogP contribution in [0, 0.1) is 0 Å². The highest BCUT2D eigenvalue weighted by Gasteiger charge is 2.21. The van der Waals surface area contributed by atoms with Crippen molar-refractivity contribution in [1.82, 2.24) is 0 Å². The largest absolute Gasteiger partial charge is 0.472 e. The molecule has 210 valence electrons. The summed E-state index contributed by atoms with van der Waals surface area (Å²) in [5.74, 6) is 0. The molecule has 1 unspecified atom stereocenters. The molecule has 0 bridgehead atoms. The van der Waals surface area contributed by atoms with Crippen molar-refractivity contribution in [3.8, 4) is 0 Å². The molecule has 3 N–H and O–H groups in total. The number of phosphoric acid groups is 1. The third-order valence-electron chi connectivity index (χ3n) is 6.67. The third kappa shape index (κ3) is 20.2. The molecule has 0 saturated heterocycles. The first kappa shape index (κ1) is 33.1. The van der Waals surface area contributed by atoms with E-state index >= 15 is 0 Å². The maximum absolute atomic E-state index is 11.8. The lowest BCUT2D eigenvalue weighted by molar-refractivity contribution is -0.870. The Morgan fingerprint density at radius 2 is 1.11 bits per heavy atom. The summed E-state index contributed by atoms with van der Waals surface area (Å²) < 4.78 is 22.6. The SMILES string of the molecule is C[N+](C)(C)CCOP(=O)(O)OCCCCCCCCCCCCCCCCCCc1ccccc1N. The quantitative estimate of drug-likeness (QED) is 0.0618. The number of nitrogens with zero attached hydrogens (tertiary/aromatic N) is 1. The van der Waals surface area contributed by atoms with Gasteiger partial charge < -0.3 is 15.1 Å². The number of aryl methyl sites for hydroxylation is 1. The number of hydrogen-bond acceptors (Lipinski definition) is 4. The molecule has 0 aromatic heterocycles. The molecule has 0 fully saturated rings. The average molecular weight is 528 g/mol. The van der Waals surface area contributed by atoms with Gasteiger partial charge in [-0.1, -0.05) is 108 Å². The van der Waals surface area contributed by atoms with Crippen molar-refractivity contribution in [3.63, 3.8) is 0 Å². The summed E-state index contributed by atoms with van der Waals surface area (Å²) in [6.07, 6.45) is 21.5. The molecule has 36 heavy (non-hydrogen) atoms. The van der Waals surface area contributed by atoms with Crippen LogP contribution < -0.4 is 5.73 Å². The zero-order valence-corrected chi connectivity index (χ0v) is 24.5. The van der Waals surface area contributed by atoms with Crippen LogP contribution in [-0.4, -0.2) is 50.3 Å². The number of unbranched alkanes of at least 4 members (excludes halogenated alkanes) is 15. The lowest BCUT2D eigenvalue weighted by Gasteiger charge is -2.24. The first-order valence-electron chi connectivity index (χ1n) is 14.5. The van der Waals surface area contributed by atoms with Crippen LogP contribution in [-0.2, 0) is 20.0 Å². The predicted octanol–water partition coefficient (Wildman–Crippen LogP) is 7.89. The molecular weight excluding hydrogens is 471 g/mol. The lowest BCUT2D eigenvalue weighted by Crippen LogP contribution is -2.37. The van der Waals surface area contributed by atoms with Gasteiger partial charge in [-0.15, -0.1) is 0 Å². The second-order valence-corrected chi connectivity index (χ2v) is 12.7. The van der Waals surface area contributed by atoms with Crippen molar-refractivity contribution < 1.29 is 23.0 Å². The minimum atomic E-state index is -3.90. The Kier molecular flexibility index (Phi) is 18.5. The second-order valence-electron chi connectivity index (χ2n) is 11.3. The van der Waals surface area contributed by atoms with Gasteiger partial charge in [0.05, 0.1) is 27.7 Å². The van der Waals surface area contributed by atoms with E-state index in [0.29, 0.717) is 17.6 Å². The Morgan fingerprint density at radius 3 is 1.58 bits per heavy atom. The van der Waals surface area contributed by atoms with Crippen LogP contribution in [0.5, 0.6) is 0 Å². The van der Waals surface area contributed by atoms with Gasteiger partial charge in [0, 0.05) is 5.69 Å². The van der Waals surface area contributed by atoms with Crippen LogP contribution in [0.15, 0.2) is 24.3 Å². The van der Waals surface area contributed by atoms with Crippen LogP contribution in [0.25, 0.3) is 0 Å². The summed E-state index contributed by atoms with van der Waals surface area (Å²) in [6.45, 7) is 1.19. The number of nitrogen functional groups attached to an aromatic ring is 1. The second kappa shape index (κ2) is 20.1. The smallest absolute Gasteiger partial charge is 0.399 e. The molecule has 0 radical (unpaired) electrons. The van der Waals surface area contributed by atoms with E-state index in [9.17, 15) is 9.46 Å². The number of likely N-dealkylation sites (N-methyl/N-ethyl adjacent to an activating group) is 1. The standard InChI is InChI=1S/C29H55N2O4P/c1-31(2,3)25-27-35-36(32,33)34-26-21-17-15-13-11-9-7-5-4-6-8-10-12-14-16-18-22-28-23-19-20-24-29(28)30/h19-20,23-24H,4-18,21-22,25-27,30H2,1-3H3/p+1. The van der Waals surface area contributed by atoms with E-state index in [0.717, 1.165) is 24.9 Å². The Balaban J connectivity index is 1.77. The minimum Gasteiger partial charge on any atom is -0.399 e. The van der Waals surface area contributed by atoms with Crippen LogP contribution in [0.2, 0.25) is 0 Å². The molecule has 1 aromatic rings. The summed E-state index contributed by atoms with van der Waals surface area (Å²) in [7, 11) is 2.15. The molecule has 0 aliphatic heterocycles. The zero-order valence-electron chi connectivity index (χ0n) is 23.6. The number of rotatable bonds is 24. The first-order valence-corrected chi connectivity index (χ1v) is 15.9. The van der Waals surface area contributed by atoms with E-state index in [4.69, 9.17) is 14.8 Å². The molecule has 0 aliphatic carbocycles. The van der Waals surface area contributed by atoms with Gasteiger partial charge in [-0.2, -0.15) is 0 Å². The molecule has 6 nitrogen and oxygen atoms in total. The van der Waals surface area contributed by atoms with Gasteiger partial charge >= 0.3 is 7.82 Å². The fraction of sp³-hybridized carbons (Fsp3) is 0.793. The molecule has 7 heteroatoms. The van der Waals surface area contributed by atoms with Gasteiger partial charge in [0.1, 0.15) is 13.2 Å². The normalized spacial score (nSPS) is 13.7. The molecule has 0 heterocycles. The number of nitrogens with two attached hydrogens (primary N) is 1. The van der Waals surface area contributed by atoms with Crippen molar-refractivity contribution in [2.45, 2.75) is 109 Å². The Bertz CT molecular complexity index is 709. The number of para-hydroxylation sites is 1. The Morgan fingerprint density at radius 1 is 0.694 bits per heavy atom. The van der Waals surface area contributed by atoms with Gasteiger partial charge in [-0.05, 0) is 30.9 Å². The van der Waals surface area contributed by atoms with E-state index in [1.54, 1.807) is 0 Å². The number of benzene rings is 1. The molecule has 1 aromatic carbocycles. The summed E-state index contributed by atoms with van der Waals surface area (Å²) >= 11 is 0. The highest BCUT2D eigenvalue weighted by Crippen LogP contribution is 2.43. The first-order chi connectivity index (χ1) is 17.2. The van der Waals surface area contributed by atoms with E-state index in [1.165, 1.54) is 95.5 Å². The van der Waals surface area contributed by atoms with E-state index in [2.05, 4.69) is 12.1 Å². The summed E-state index contributed by atoms with van der Waals surface area (Å²) in [4.78, 5) is 9.69. The van der Waals surface area contributed by atoms with Crippen molar-refractivity contribution in [1.29, 1.82) is 0 Å². The van der Waals surface area contributed by atoms with E-state index in [-0.39, 0.29) is 6.61 Å². The number of quaternary nitrogens is 1. The molecule has 0 saturated carbocycles. The summed E-state index contributed by atoms with van der Waals surface area (Å²) in [5.41, 5.74) is 8.25. The average Bonchev–Trinajstić information content (AvgIpc) is 2.80. The number of hydrogen-bond donors (Lipinski definition) is 2. The molecule has 0 spiro atoms. The highest BCUT2D eigenvalue weighted by molar-refractivity contribution is 7.47. The predicted molar refractivity (Wildman–Crippen MR) is 153 cm³/mol. The molecule has 0 amide bonds. The zero-order chi connectivity index (χ0) is 26.5. The molecular formula is C29H56N2O4P+. The Labute approximate surface area is 222 Å². The van der Waals surface area contributed by atoms with Crippen LogP contribution in [0.4, 0.5) is 5.69 Å². The number of phosphoric ester groups is 1.